The number of methoxy groups -OCH3 is 1. The second-order valence-electron chi connectivity index (χ2n) is 6.55. The Morgan fingerprint density at radius 2 is 1.97 bits per heavy atom. The third kappa shape index (κ3) is 4.66. The Morgan fingerprint density at radius 1 is 1.20 bits per heavy atom. The van der Waals surface area contributed by atoms with E-state index in [1.165, 1.54) is 19.2 Å². The van der Waals surface area contributed by atoms with Gasteiger partial charge in [-0.1, -0.05) is 29.3 Å². The second-order valence-corrected chi connectivity index (χ2v) is 7.33. The highest BCUT2D eigenvalue weighted by Gasteiger charge is 2.13. The molecule has 1 heterocycles. The van der Waals surface area contributed by atoms with E-state index in [1.807, 2.05) is 13.0 Å². The minimum atomic E-state index is -0.537. The van der Waals surface area contributed by atoms with Crippen molar-refractivity contribution in [1.29, 1.82) is 0 Å². The number of ether oxygens (including phenoxy) is 2. The maximum Gasteiger partial charge on any atom is 0.337 e. The van der Waals surface area contributed by atoms with Crippen LogP contribution in [0.15, 0.2) is 42.6 Å². The van der Waals surface area contributed by atoms with Gasteiger partial charge in [-0.05, 0) is 53.9 Å². The molecule has 2 aromatic carbocycles. The number of pyridine rings is 1. The van der Waals surface area contributed by atoms with Crippen molar-refractivity contribution in [3.05, 3.63) is 75.1 Å². The van der Waals surface area contributed by atoms with Gasteiger partial charge < -0.3 is 15.2 Å². The number of carbonyl (C=O) groups excluding carboxylic acids is 1. The number of nitrogens with two attached hydrogens (primary N) is 1. The van der Waals surface area contributed by atoms with Gasteiger partial charge in [0.1, 0.15) is 5.82 Å². The Hall–Kier alpha value is -2.83. The minimum Gasteiger partial charge on any atom is -0.489 e. The number of anilines is 1. The molecule has 0 spiro atoms. The van der Waals surface area contributed by atoms with Crippen LogP contribution in [0.4, 0.5) is 10.2 Å². The highest BCUT2D eigenvalue weighted by molar-refractivity contribution is 6.36. The van der Waals surface area contributed by atoms with E-state index in [4.69, 9.17) is 38.4 Å². The van der Waals surface area contributed by atoms with Crippen LogP contribution in [0.1, 0.15) is 21.5 Å². The number of aryl methyl sites for hydroxylation is 1. The Labute approximate surface area is 183 Å². The minimum absolute atomic E-state index is 0.0210. The van der Waals surface area contributed by atoms with E-state index in [0.29, 0.717) is 28.3 Å². The first-order valence-corrected chi connectivity index (χ1v) is 9.77. The summed E-state index contributed by atoms with van der Waals surface area (Å²) in [7, 11) is 1.34. The molecule has 0 aliphatic carbocycles. The van der Waals surface area contributed by atoms with Gasteiger partial charge in [0, 0.05) is 23.2 Å². The molecule has 156 valence electrons. The summed E-state index contributed by atoms with van der Waals surface area (Å²) in [5.74, 6) is -0.337. The van der Waals surface area contributed by atoms with Crippen molar-refractivity contribution in [1.82, 2.24) is 4.98 Å². The number of nitrogens with zero attached hydrogens (tertiary/aromatic N) is 1. The number of esters is 1. The predicted molar refractivity (Wildman–Crippen MR) is 116 cm³/mol. The fourth-order valence-electron chi connectivity index (χ4n) is 3.01. The molecule has 0 fully saturated rings. The summed E-state index contributed by atoms with van der Waals surface area (Å²) in [5.41, 5.74) is 9.38. The first kappa shape index (κ1) is 21.9. The van der Waals surface area contributed by atoms with Crippen LogP contribution in [0.25, 0.3) is 11.1 Å². The maximum absolute atomic E-state index is 13.7. The normalized spacial score (nSPS) is 10.7. The zero-order valence-corrected chi connectivity index (χ0v) is 17.9. The number of hydrogen-bond donors (Lipinski definition) is 1. The second kappa shape index (κ2) is 9.32. The molecule has 0 atom stereocenters. The van der Waals surface area contributed by atoms with Gasteiger partial charge in [-0.25, -0.2) is 14.2 Å². The average molecular weight is 449 g/mol. The number of aromatic nitrogens is 1. The molecule has 0 radical (unpaired) electrons. The Balaban J connectivity index is 1.80. The van der Waals surface area contributed by atoms with E-state index in [2.05, 4.69) is 4.98 Å². The molecular formula is C22H19Cl2FN2O3. The molecule has 3 rings (SSSR count). The fraction of sp³-hybridized carbons (Fsp3) is 0.182. The number of carbonyl (C=O) groups is 1. The molecule has 0 amide bonds. The summed E-state index contributed by atoms with van der Waals surface area (Å²) in [6, 6.07) is 9.66. The van der Waals surface area contributed by atoms with E-state index < -0.39 is 11.8 Å². The van der Waals surface area contributed by atoms with Crippen LogP contribution >= 0.6 is 23.2 Å². The SMILES string of the molecule is COC(=O)c1ccc(-c2cnc(N)c(OCCc3c(Cl)ccc(F)c3Cl)c2)c(C)c1. The van der Waals surface area contributed by atoms with Gasteiger partial charge in [0.25, 0.3) is 0 Å². The summed E-state index contributed by atoms with van der Waals surface area (Å²) in [6.45, 7) is 2.06. The summed E-state index contributed by atoms with van der Waals surface area (Å²) in [5, 5.41) is 0.346. The van der Waals surface area contributed by atoms with Crippen LogP contribution in [0, 0.1) is 12.7 Å². The third-order valence-electron chi connectivity index (χ3n) is 4.59. The van der Waals surface area contributed by atoms with Crippen molar-refractivity contribution in [2.24, 2.45) is 0 Å². The summed E-state index contributed by atoms with van der Waals surface area (Å²) >= 11 is 12.1. The molecular weight excluding hydrogens is 430 g/mol. The average Bonchev–Trinajstić information content (AvgIpc) is 2.74. The Morgan fingerprint density at radius 3 is 2.67 bits per heavy atom. The van der Waals surface area contributed by atoms with E-state index in [9.17, 15) is 9.18 Å². The molecule has 1 aromatic heterocycles. The van der Waals surface area contributed by atoms with E-state index in [0.717, 1.165) is 16.7 Å². The summed E-state index contributed by atoms with van der Waals surface area (Å²) in [4.78, 5) is 15.9. The van der Waals surface area contributed by atoms with E-state index in [-0.39, 0.29) is 17.4 Å². The molecule has 5 nitrogen and oxygen atoms in total. The van der Waals surface area contributed by atoms with Gasteiger partial charge in [-0.2, -0.15) is 0 Å². The van der Waals surface area contributed by atoms with Gasteiger partial charge in [0.2, 0.25) is 0 Å². The molecule has 0 unspecified atom stereocenters. The number of hydrogen-bond acceptors (Lipinski definition) is 5. The molecule has 0 saturated carbocycles. The van der Waals surface area contributed by atoms with Crippen LogP contribution < -0.4 is 10.5 Å². The van der Waals surface area contributed by atoms with Gasteiger partial charge in [0.15, 0.2) is 11.6 Å². The van der Waals surface area contributed by atoms with Crippen molar-refractivity contribution < 1.29 is 18.7 Å². The standard InChI is InChI=1S/C22H19Cl2FN2O3/c1-12-9-13(22(28)29-2)3-4-15(12)14-10-19(21(26)27-11-14)30-8-7-16-17(23)5-6-18(25)20(16)24/h3-6,9-11H,7-8H2,1-2H3,(H2,26,27). The number of halogens is 3. The molecule has 8 heteroatoms. The third-order valence-corrected chi connectivity index (χ3v) is 5.35. The number of benzene rings is 2. The van der Waals surface area contributed by atoms with Crippen LogP contribution in [0.2, 0.25) is 10.0 Å². The summed E-state index contributed by atoms with van der Waals surface area (Å²) < 4.78 is 24.2. The lowest BCUT2D eigenvalue weighted by molar-refractivity contribution is 0.0600. The van der Waals surface area contributed by atoms with E-state index >= 15 is 0 Å². The Bertz CT molecular complexity index is 1110. The van der Waals surface area contributed by atoms with Crippen LogP contribution in [-0.4, -0.2) is 24.7 Å². The van der Waals surface area contributed by atoms with Crippen molar-refractivity contribution in [2.75, 3.05) is 19.5 Å². The van der Waals surface area contributed by atoms with Gasteiger partial charge in [-0.3, -0.25) is 0 Å². The van der Waals surface area contributed by atoms with Crippen molar-refractivity contribution in [2.45, 2.75) is 13.3 Å². The quantitative estimate of drug-likeness (QED) is 0.398. The molecule has 30 heavy (non-hydrogen) atoms. The fourth-order valence-corrected chi connectivity index (χ4v) is 3.57. The van der Waals surface area contributed by atoms with Gasteiger partial charge >= 0.3 is 5.97 Å². The molecule has 0 saturated heterocycles. The van der Waals surface area contributed by atoms with Crippen molar-refractivity contribution in [3.8, 4) is 16.9 Å². The first-order chi connectivity index (χ1) is 14.3. The number of nitrogen functional groups attached to an aromatic ring is 1. The molecule has 0 bridgehead atoms. The van der Waals surface area contributed by atoms with Crippen molar-refractivity contribution >= 4 is 35.0 Å². The topological polar surface area (TPSA) is 74.4 Å². The lowest BCUT2D eigenvalue weighted by atomic mass is 9.99. The van der Waals surface area contributed by atoms with Gasteiger partial charge in [0.05, 0.1) is 24.3 Å². The largest absolute Gasteiger partial charge is 0.489 e. The zero-order valence-electron chi connectivity index (χ0n) is 16.3. The highest BCUT2D eigenvalue weighted by atomic mass is 35.5. The van der Waals surface area contributed by atoms with E-state index in [1.54, 1.807) is 24.4 Å². The van der Waals surface area contributed by atoms with Gasteiger partial charge in [-0.15, -0.1) is 0 Å². The predicted octanol–water partition coefficient (Wildman–Crippen LogP) is 5.49. The molecule has 0 aliphatic heterocycles. The summed E-state index contributed by atoms with van der Waals surface area (Å²) in [6.07, 6.45) is 1.93. The lowest BCUT2D eigenvalue weighted by Crippen LogP contribution is -2.06. The molecule has 3 aromatic rings. The van der Waals surface area contributed by atoms with Crippen LogP contribution in [-0.2, 0) is 11.2 Å². The van der Waals surface area contributed by atoms with Crippen LogP contribution in [0.5, 0.6) is 5.75 Å². The molecule has 2 N–H and O–H groups in total. The first-order valence-electron chi connectivity index (χ1n) is 9.02. The molecule has 0 aliphatic rings. The zero-order chi connectivity index (χ0) is 21.8. The Kier molecular flexibility index (Phi) is 6.80. The highest BCUT2D eigenvalue weighted by Crippen LogP contribution is 2.31. The number of rotatable bonds is 6. The smallest absolute Gasteiger partial charge is 0.337 e. The van der Waals surface area contributed by atoms with Crippen molar-refractivity contribution in [3.63, 3.8) is 0 Å². The van der Waals surface area contributed by atoms with Crippen LogP contribution in [0.3, 0.4) is 0 Å². The monoisotopic (exact) mass is 448 g/mol. The lowest BCUT2D eigenvalue weighted by Gasteiger charge is -2.13. The maximum atomic E-state index is 13.7.